The first kappa shape index (κ1) is 19.3. The van der Waals surface area contributed by atoms with E-state index in [-0.39, 0.29) is 29.6 Å². The third-order valence-corrected chi connectivity index (χ3v) is 3.41. The molecule has 0 amide bonds. The van der Waals surface area contributed by atoms with E-state index >= 15 is 0 Å². The van der Waals surface area contributed by atoms with Crippen LogP contribution >= 0.6 is 0 Å². The van der Waals surface area contributed by atoms with Crippen LogP contribution in [0.3, 0.4) is 0 Å². The zero-order chi connectivity index (χ0) is 11.5. The first-order valence-corrected chi connectivity index (χ1v) is 6.85. The van der Waals surface area contributed by atoms with Crippen molar-refractivity contribution >= 4 is 29.6 Å². The number of rotatable bonds is 10. The minimum atomic E-state index is 0. The molecule has 0 aromatic rings. The molecule has 0 aliphatic carbocycles. The van der Waals surface area contributed by atoms with Crippen LogP contribution < -0.4 is 0 Å². The summed E-state index contributed by atoms with van der Waals surface area (Å²) in [6.45, 7) is 7.08. The van der Waals surface area contributed by atoms with Crippen molar-refractivity contribution in [3.05, 3.63) is 0 Å². The molecule has 0 aliphatic rings. The molecule has 0 rings (SSSR count). The topological polar surface area (TPSA) is 20.2 Å². The number of aliphatic hydroxyl groups is 1. The van der Waals surface area contributed by atoms with E-state index in [2.05, 4.69) is 20.8 Å². The summed E-state index contributed by atoms with van der Waals surface area (Å²) in [6, 6.07) is 0. The normalized spacial score (nSPS) is 14.2. The third kappa shape index (κ3) is 11.4. The zero-order valence-electron chi connectivity index (χ0n) is 12.0. The van der Waals surface area contributed by atoms with Gasteiger partial charge in [-0.25, -0.2) is 0 Å². The number of hydrogen-bond donors (Lipinski definition) is 1. The molecule has 0 spiro atoms. The molecule has 2 heteroatoms. The molecule has 0 aromatic heterocycles. The van der Waals surface area contributed by atoms with Gasteiger partial charge in [0.25, 0.3) is 0 Å². The van der Waals surface area contributed by atoms with Crippen molar-refractivity contribution in [2.24, 2.45) is 11.8 Å². The minimum Gasteiger partial charge on any atom is -0.396 e. The quantitative estimate of drug-likeness (QED) is 0.449. The van der Waals surface area contributed by atoms with Gasteiger partial charge in [-0.15, -0.1) is 0 Å². The Labute approximate surface area is 125 Å². The number of unbranched alkanes of at least 4 members (excludes halogenated alkanes) is 2. The van der Waals surface area contributed by atoms with E-state index in [9.17, 15) is 0 Å². The van der Waals surface area contributed by atoms with Crippen LogP contribution in [0, 0.1) is 11.8 Å². The van der Waals surface area contributed by atoms with E-state index in [1.807, 2.05) is 0 Å². The van der Waals surface area contributed by atoms with Gasteiger partial charge < -0.3 is 5.11 Å². The SMILES string of the molecule is CCCCC(CC)CCCCC(C)CO.[Na]. The van der Waals surface area contributed by atoms with Crippen LogP contribution in [0.2, 0.25) is 0 Å². The average molecular weight is 237 g/mol. The van der Waals surface area contributed by atoms with Gasteiger partial charge in [-0.3, -0.25) is 0 Å². The fourth-order valence-corrected chi connectivity index (χ4v) is 2.06. The Hall–Kier alpha value is 0.960. The average Bonchev–Trinajstić information content (AvgIpc) is 2.27. The van der Waals surface area contributed by atoms with Gasteiger partial charge in [-0.2, -0.15) is 0 Å². The van der Waals surface area contributed by atoms with Crippen LogP contribution in [0.1, 0.15) is 72.1 Å². The number of aliphatic hydroxyl groups excluding tert-OH is 1. The molecule has 0 aliphatic heterocycles. The summed E-state index contributed by atoms with van der Waals surface area (Å²) in [6.07, 6.45) is 10.7. The van der Waals surface area contributed by atoms with E-state index in [0.717, 1.165) is 5.92 Å². The van der Waals surface area contributed by atoms with Crippen LogP contribution in [0.25, 0.3) is 0 Å². The Kier molecular flexibility index (Phi) is 16.9. The summed E-state index contributed by atoms with van der Waals surface area (Å²) in [7, 11) is 0. The molecular formula is C14H30NaO. The van der Waals surface area contributed by atoms with Crippen molar-refractivity contribution in [3.8, 4) is 0 Å². The summed E-state index contributed by atoms with van der Waals surface area (Å²) in [5, 5.41) is 8.91. The molecule has 0 saturated heterocycles. The van der Waals surface area contributed by atoms with Crippen LogP contribution in [0.4, 0.5) is 0 Å². The summed E-state index contributed by atoms with van der Waals surface area (Å²) in [4.78, 5) is 0. The van der Waals surface area contributed by atoms with Crippen molar-refractivity contribution in [2.75, 3.05) is 6.61 Å². The summed E-state index contributed by atoms with van der Waals surface area (Å²) in [5.74, 6) is 1.45. The molecule has 0 fully saturated rings. The second kappa shape index (κ2) is 14.0. The molecule has 1 radical (unpaired) electrons. The molecule has 0 aromatic carbocycles. The monoisotopic (exact) mass is 237 g/mol. The Balaban J connectivity index is 0. The van der Waals surface area contributed by atoms with Gasteiger partial charge in [-0.1, -0.05) is 65.7 Å². The van der Waals surface area contributed by atoms with Crippen LogP contribution in [0.5, 0.6) is 0 Å². The molecule has 93 valence electrons. The smallest absolute Gasteiger partial charge is 0.0456 e. The molecule has 0 bridgehead atoms. The molecule has 0 saturated carbocycles. The Morgan fingerprint density at radius 2 is 1.50 bits per heavy atom. The first-order valence-electron chi connectivity index (χ1n) is 6.85. The van der Waals surface area contributed by atoms with Gasteiger partial charge in [0.2, 0.25) is 0 Å². The Bertz CT molecular complexity index is 128. The molecule has 2 unspecified atom stereocenters. The number of hydrogen-bond acceptors (Lipinski definition) is 1. The van der Waals surface area contributed by atoms with Gasteiger partial charge >= 0.3 is 0 Å². The summed E-state index contributed by atoms with van der Waals surface area (Å²) < 4.78 is 0. The molecule has 1 N–H and O–H groups in total. The van der Waals surface area contributed by atoms with Gasteiger partial charge in [0.05, 0.1) is 0 Å². The Morgan fingerprint density at radius 1 is 0.938 bits per heavy atom. The fourth-order valence-electron chi connectivity index (χ4n) is 2.06. The molecule has 16 heavy (non-hydrogen) atoms. The van der Waals surface area contributed by atoms with Crippen LogP contribution in [0.15, 0.2) is 0 Å². The molecule has 1 nitrogen and oxygen atoms in total. The van der Waals surface area contributed by atoms with Crippen molar-refractivity contribution in [3.63, 3.8) is 0 Å². The van der Waals surface area contributed by atoms with E-state index in [1.54, 1.807) is 0 Å². The molecule has 0 heterocycles. The van der Waals surface area contributed by atoms with Crippen molar-refractivity contribution in [1.82, 2.24) is 0 Å². The second-order valence-electron chi connectivity index (χ2n) is 4.99. The van der Waals surface area contributed by atoms with Crippen LogP contribution in [-0.2, 0) is 0 Å². The van der Waals surface area contributed by atoms with E-state index < -0.39 is 0 Å². The largest absolute Gasteiger partial charge is 0.396 e. The second-order valence-corrected chi connectivity index (χ2v) is 4.99. The summed E-state index contributed by atoms with van der Waals surface area (Å²) >= 11 is 0. The van der Waals surface area contributed by atoms with Crippen molar-refractivity contribution < 1.29 is 5.11 Å². The fraction of sp³-hybridized carbons (Fsp3) is 1.00. The predicted octanol–water partition coefficient (Wildman–Crippen LogP) is 4.01. The maximum absolute atomic E-state index is 8.91. The predicted molar refractivity (Wildman–Crippen MR) is 73.8 cm³/mol. The maximum Gasteiger partial charge on any atom is 0.0456 e. The van der Waals surface area contributed by atoms with Crippen molar-refractivity contribution in [1.29, 1.82) is 0 Å². The van der Waals surface area contributed by atoms with Crippen LogP contribution in [-0.4, -0.2) is 41.3 Å². The van der Waals surface area contributed by atoms with E-state index in [0.29, 0.717) is 12.5 Å². The summed E-state index contributed by atoms with van der Waals surface area (Å²) in [5.41, 5.74) is 0. The minimum absolute atomic E-state index is 0. The third-order valence-electron chi connectivity index (χ3n) is 3.41. The van der Waals surface area contributed by atoms with Gasteiger partial charge in [0.1, 0.15) is 0 Å². The van der Waals surface area contributed by atoms with Gasteiger partial charge in [-0.05, 0) is 18.3 Å². The van der Waals surface area contributed by atoms with Gasteiger partial charge in [0.15, 0.2) is 0 Å². The first-order chi connectivity index (χ1) is 7.24. The zero-order valence-corrected chi connectivity index (χ0v) is 14.0. The van der Waals surface area contributed by atoms with E-state index in [1.165, 1.54) is 51.4 Å². The molecule has 2 atom stereocenters. The molecular weight excluding hydrogens is 207 g/mol. The maximum atomic E-state index is 8.91. The van der Waals surface area contributed by atoms with Gasteiger partial charge in [0, 0.05) is 36.2 Å². The van der Waals surface area contributed by atoms with Crippen molar-refractivity contribution in [2.45, 2.75) is 72.1 Å². The van der Waals surface area contributed by atoms with E-state index in [4.69, 9.17) is 5.11 Å². The Morgan fingerprint density at radius 3 is 2.00 bits per heavy atom. The standard InChI is InChI=1S/C14H30O.Na/c1-4-6-10-14(5-2)11-8-7-9-13(3)12-15;/h13-15H,4-12H2,1-3H3;.